The van der Waals surface area contributed by atoms with Gasteiger partial charge in [-0.15, -0.1) is 24.8 Å². The molecule has 4 heteroatoms. The Labute approximate surface area is 114 Å². The van der Waals surface area contributed by atoms with E-state index in [0.29, 0.717) is 6.54 Å². The smallest absolute Gasteiger partial charge is 0.0349 e. The molecule has 0 atom stereocenters. The summed E-state index contributed by atoms with van der Waals surface area (Å²) in [5, 5.41) is 0. The predicted octanol–water partition coefficient (Wildman–Crippen LogP) is 3.36. The molecule has 1 heterocycles. The first-order chi connectivity index (χ1) is 7.33. The molecule has 0 unspecified atom stereocenters. The lowest BCUT2D eigenvalue weighted by atomic mass is 9.98. The molecule has 1 aromatic carbocycles. The Morgan fingerprint density at radius 1 is 1.06 bits per heavy atom. The molecule has 0 bridgehead atoms. The number of pyridine rings is 1. The molecule has 0 amide bonds. The quantitative estimate of drug-likeness (QED) is 0.909. The van der Waals surface area contributed by atoms with Crippen molar-refractivity contribution < 1.29 is 0 Å². The van der Waals surface area contributed by atoms with E-state index in [2.05, 4.69) is 24.0 Å². The third-order valence-electron chi connectivity index (χ3n) is 2.57. The Morgan fingerprint density at radius 2 is 1.76 bits per heavy atom. The van der Waals surface area contributed by atoms with E-state index in [9.17, 15) is 0 Å². The van der Waals surface area contributed by atoms with Gasteiger partial charge in [-0.2, -0.15) is 0 Å². The molecule has 0 fully saturated rings. The van der Waals surface area contributed by atoms with Crippen LogP contribution in [0.15, 0.2) is 42.7 Å². The second-order valence-electron chi connectivity index (χ2n) is 3.55. The molecule has 92 valence electrons. The maximum Gasteiger partial charge on any atom is 0.0349 e. The molecule has 1 aromatic heterocycles. The van der Waals surface area contributed by atoms with Gasteiger partial charge in [-0.25, -0.2) is 0 Å². The second-order valence-corrected chi connectivity index (χ2v) is 3.55. The molecule has 2 N–H and O–H groups in total. The van der Waals surface area contributed by atoms with Gasteiger partial charge in [0.2, 0.25) is 0 Å². The fraction of sp³-hybridized carbons (Fsp3) is 0.154. The van der Waals surface area contributed by atoms with Gasteiger partial charge in [0.1, 0.15) is 0 Å². The van der Waals surface area contributed by atoms with Crippen LogP contribution in [0.3, 0.4) is 0 Å². The van der Waals surface area contributed by atoms with Crippen LogP contribution >= 0.6 is 24.8 Å². The molecular formula is C13H16Cl2N2. The van der Waals surface area contributed by atoms with Gasteiger partial charge in [0.15, 0.2) is 0 Å². The number of hydrogen-bond acceptors (Lipinski definition) is 2. The standard InChI is InChI=1S/C13H14N2.2ClH/c1-10-4-2-3-5-12(10)13-9-15-7-6-11(13)8-14;;/h2-7,9H,8,14H2,1H3;2*1H. The summed E-state index contributed by atoms with van der Waals surface area (Å²) in [4.78, 5) is 4.16. The van der Waals surface area contributed by atoms with Crippen LogP contribution in [0.25, 0.3) is 11.1 Å². The predicted molar refractivity (Wildman–Crippen MR) is 76.8 cm³/mol. The van der Waals surface area contributed by atoms with Crippen molar-refractivity contribution in [1.29, 1.82) is 0 Å². The van der Waals surface area contributed by atoms with E-state index in [1.807, 2.05) is 24.4 Å². The highest BCUT2D eigenvalue weighted by Crippen LogP contribution is 2.25. The number of aryl methyl sites for hydroxylation is 1. The van der Waals surface area contributed by atoms with Crippen LogP contribution in [0.4, 0.5) is 0 Å². The van der Waals surface area contributed by atoms with Crippen LogP contribution in [-0.4, -0.2) is 4.98 Å². The molecule has 0 radical (unpaired) electrons. The van der Waals surface area contributed by atoms with Crippen molar-refractivity contribution >= 4 is 24.8 Å². The van der Waals surface area contributed by atoms with Gasteiger partial charge in [-0.05, 0) is 29.7 Å². The zero-order chi connectivity index (χ0) is 10.7. The van der Waals surface area contributed by atoms with Crippen LogP contribution in [-0.2, 0) is 6.54 Å². The summed E-state index contributed by atoms with van der Waals surface area (Å²) in [5.74, 6) is 0. The molecule has 0 saturated heterocycles. The molecule has 17 heavy (non-hydrogen) atoms. The summed E-state index contributed by atoms with van der Waals surface area (Å²) < 4.78 is 0. The fourth-order valence-corrected chi connectivity index (χ4v) is 1.72. The minimum atomic E-state index is 0. The van der Waals surface area contributed by atoms with Crippen molar-refractivity contribution in [3.63, 3.8) is 0 Å². The van der Waals surface area contributed by atoms with Crippen molar-refractivity contribution in [1.82, 2.24) is 4.98 Å². The Morgan fingerprint density at radius 3 is 2.41 bits per heavy atom. The summed E-state index contributed by atoms with van der Waals surface area (Å²) in [6, 6.07) is 10.3. The van der Waals surface area contributed by atoms with E-state index < -0.39 is 0 Å². The van der Waals surface area contributed by atoms with Crippen molar-refractivity contribution in [3.8, 4) is 11.1 Å². The number of rotatable bonds is 2. The van der Waals surface area contributed by atoms with Crippen molar-refractivity contribution in [3.05, 3.63) is 53.9 Å². The second kappa shape index (κ2) is 7.28. The lowest BCUT2D eigenvalue weighted by Crippen LogP contribution is -1.99. The highest BCUT2D eigenvalue weighted by atomic mass is 35.5. The summed E-state index contributed by atoms with van der Waals surface area (Å²) in [6.45, 7) is 2.65. The minimum absolute atomic E-state index is 0. The molecule has 2 aromatic rings. The average molecular weight is 271 g/mol. The number of aromatic nitrogens is 1. The third-order valence-corrected chi connectivity index (χ3v) is 2.57. The Hall–Kier alpha value is -1.09. The van der Waals surface area contributed by atoms with E-state index >= 15 is 0 Å². The van der Waals surface area contributed by atoms with E-state index in [4.69, 9.17) is 5.73 Å². The number of nitrogens with two attached hydrogens (primary N) is 1. The van der Waals surface area contributed by atoms with Crippen LogP contribution in [0.1, 0.15) is 11.1 Å². The first kappa shape index (κ1) is 15.9. The largest absolute Gasteiger partial charge is 0.326 e. The monoisotopic (exact) mass is 270 g/mol. The topological polar surface area (TPSA) is 38.9 Å². The van der Waals surface area contributed by atoms with Crippen LogP contribution in [0.5, 0.6) is 0 Å². The maximum absolute atomic E-state index is 5.71. The summed E-state index contributed by atoms with van der Waals surface area (Å²) in [6.07, 6.45) is 3.66. The van der Waals surface area contributed by atoms with Crippen LogP contribution in [0, 0.1) is 6.92 Å². The Bertz CT molecular complexity index is 472. The van der Waals surface area contributed by atoms with Gasteiger partial charge in [0.05, 0.1) is 0 Å². The van der Waals surface area contributed by atoms with Crippen molar-refractivity contribution in [2.75, 3.05) is 0 Å². The van der Waals surface area contributed by atoms with Gasteiger partial charge in [-0.3, -0.25) is 4.98 Å². The highest BCUT2D eigenvalue weighted by molar-refractivity contribution is 5.85. The van der Waals surface area contributed by atoms with Crippen LogP contribution in [0.2, 0.25) is 0 Å². The Kier molecular flexibility index (Phi) is 6.81. The lowest BCUT2D eigenvalue weighted by Gasteiger charge is -2.09. The van der Waals surface area contributed by atoms with Gasteiger partial charge >= 0.3 is 0 Å². The van der Waals surface area contributed by atoms with E-state index in [1.165, 1.54) is 11.1 Å². The SMILES string of the molecule is Cc1ccccc1-c1cnccc1CN.Cl.Cl. The first-order valence-corrected chi connectivity index (χ1v) is 5.02. The molecule has 2 nitrogen and oxygen atoms in total. The van der Waals surface area contributed by atoms with Crippen molar-refractivity contribution in [2.45, 2.75) is 13.5 Å². The molecule has 0 aliphatic heterocycles. The van der Waals surface area contributed by atoms with E-state index in [1.54, 1.807) is 6.20 Å². The number of nitrogens with zero attached hydrogens (tertiary/aromatic N) is 1. The molecule has 0 spiro atoms. The molecular weight excluding hydrogens is 255 g/mol. The van der Waals surface area contributed by atoms with Gasteiger partial charge < -0.3 is 5.73 Å². The van der Waals surface area contributed by atoms with Crippen molar-refractivity contribution in [2.24, 2.45) is 5.73 Å². The Balaban J connectivity index is 0.00000128. The van der Waals surface area contributed by atoms with E-state index in [0.717, 1.165) is 11.1 Å². The zero-order valence-corrected chi connectivity index (χ0v) is 11.2. The summed E-state index contributed by atoms with van der Waals surface area (Å²) in [5.41, 5.74) is 10.4. The normalized spacial score (nSPS) is 9.06. The van der Waals surface area contributed by atoms with Gasteiger partial charge in [-0.1, -0.05) is 24.3 Å². The average Bonchev–Trinajstić information content (AvgIpc) is 2.30. The maximum atomic E-state index is 5.71. The van der Waals surface area contributed by atoms with E-state index in [-0.39, 0.29) is 24.8 Å². The third kappa shape index (κ3) is 3.43. The number of hydrogen-bond donors (Lipinski definition) is 1. The summed E-state index contributed by atoms with van der Waals surface area (Å²) in [7, 11) is 0. The molecule has 0 aliphatic rings. The lowest BCUT2D eigenvalue weighted by molar-refractivity contribution is 1.06. The molecule has 2 rings (SSSR count). The zero-order valence-electron chi connectivity index (χ0n) is 9.59. The first-order valence-electron chi connectivity index (χ1n) is 5.02. The summed E-state index contributed by atoms with van der Waals surface area (Å²) >= 11 is 0. The number of benzene rings is 1. The van der Waals surface area contributed by atoms with Gasteiger partial charge in [0, 0.05) is 24.5 Å². The van der Waals surface area contributed by atoms with Crippen LogP contribution < -0.4 is 5.73 Å². The molecule has 0 saturated carbocycles. The fourth-order valence-electron chi connectivity index (χ4n) is 1.72. The molecule has 0 aliphatic carbocycles. The highest BCUT2D eigenvalue weighted by Gasteiger charge is 2.05. The number of halogens is 2. The minimum Gasteiger partial charge on any atom is -0.326 e. The van der Waals surface area contributed by atoms with Gasteiger partial charge in [0.25, 0.3) is 0 Å².